The lowest BCUT2D eigenvalue weighted by atomic mass is 10.1. The van der Waals surface area contributed by atoms with Gasteiger partial charge in [0.15, 0.2) is 0 Å². The van der Waals surface area contributed by atoms with Crippen molar-refractivity contribution in [3.8, 4) is 22.2 Å². The third kappa shape index (κ3) is 2.75. The molecule has 0 radical (unpaired) electrons. The molecule has 0 unspecified atom stereocenters. The van der Waals surface area contributed by atoms with E-state index in [2.05, 4.69) is 45.7 Å². The first-order chi connectivity index (χ1) is 13.7. The molecule has 0 amide bonds. The molecule has 0 bridgehead atoms. The summed E-state index contributed by atoms with van der Waals surface area (Å²) in [5.74, 6) is 0. The van der Waals surface area contributed by atoms with Crippen LogP contribution in [0.15, 0.2) is 66.4 Å². The van der Waals surface area contributed by atoms with Crippen molar-refractivity contribution in [2.75, 3.05) is 0 Å². The van der Waals surface area contributed by atoms with Crippen LogP contribution in [0.4, 0.5) is 0 Å². The quantitative estimate of drug-likeness (QED) is 0.372. The van der Waals surface area contributed by atoms with Gasteiger partial charge in [-0.05, 0) is 46.8 Å². The van der Waals surface area contributed by atoms with Gasteiger partial charge < -0.3 is 0 Å². The zero-order valence-corrected chi connectivity index (χ0v) is 16.2. The highest BCUT2D eigenvalue weighted by molar-refractivity contribution is 7.13. The Morgan fingerprint density at radius 3 is 2.79 bits per heavy atom. The summed E-state index contributed by atoms with van der Waals surface area (Å²) < 4.78 is 2.00. The summed E-state index contributed by atoms with van der Waals surface area (Å²) in [4.78, 5) is 10.3. The second-order valence-electron chi connectivity index (χ2n) is 6.44. The van der Waals surface area contributed by atoms with Gasteiger partial charge in [-0.3, -0.25) is 9.55 Å². The number of benzene rings is 2. The highest BCUT2D eigenvalue weighted by Gasteiger charge is 2.13. The average molecular weight is 401 g/mol. The molecule has 0 saturated carbocycles. The molecule has 0 N–H and O–H groups in total. The van der Waals surface area contributed by atoms with Crippen molar-refractivity contribution >= 4 is 44.9 Å². The van der Waals surface area contributed by atoms with Gasteiger partial charge in [0.25, 0.3) is 0 Å². The lowest BCUT2D eigenvalue weighted by Crippen LogP contribution is -1.96. The first kappa shape index (κ1) is 16.9. The fourth-order valence-electron chi connectivity index (χ4n) is 3.42. The molecule has 6 heteroatoms. The smallest absolute Gasteiger partial charge is 0.108 e. The van der Waals surface area contributed by atoms with Crippen molar-refractivity contribution in [2.24, 2.45) is 0 Å². The summed E-state index contributed by atoms with van der Waals surface area (Å²) in [7, 11) is 0. The Hall–Kier alpha value is -3.20. The Morgan fingerprint density at radius 1 is 1.07 bits per heavy atom. The predicted octanol–water partition coefficient (Wildman–Crippen LogP) is 6.02. The number of hydrogen-bond acceptors (Lipinski definition) is 4. The first-order valence-electron chi connectivity index (χ1n) is 8.70. The molecule has 5 aromatic rings. The lowest BCUT2D eigenvalue weighted by molar-refractivity contribution is 1.09. The largest absolute Gasteiger partial charge is 0.297 e. The van der Waals surface area contributed by atoms with Gasteiger partial charge in [0.2, 0.25) is 0 Å². The van der Waals surface area contributed by atoms with Crippen LogP contribution in [0.3, 0.4) is 0 Å². The van der Waals surface area contributed by atoms with Crippen LogP contribution in [0, 0.1) is 11.3 Å². The topological polar surface area (TPSA) is 54.5 Å². The summed E-state index contributed by atoms with van der Waals surface area (Å²) in [6.07, 6.45) is 3.90. The maximum absolute atomic E-state index is 8.91. The highest BCUT2D eigenvalue weighted by Crippen LogP contribution is 2.33. The minimum Gasteiger partial charge on any atom is -0.297 e. The summed E-state index contributed by atoms with van der Waals surface area (Å²) in [6, 6.07) is 18.3. The van der Waals surface area contributed by atoms with Crippen molar-refractivity contribution in [3.63, 3.8) is 0 Å². The maximum atomic E-state index is 8.91. The summed E-state index contributed by atoms with van der Waals surface area (Å²) in [6.45, 7) is 0. The normalized spacial score (nSPS) is 11.1. The van der Waals surface area contributed by atoms with E-state index in [-0.39, 0.29) is 0 Å². The number of nitrogens with zero attached hydrogens (tertiary/aromatic N) is 4. The molecular formula is C22H13ClN4S. The molecule has 134 valence electrons. The van der Waals surface area contributed by atoms with Gasteiger partial charge in [0, 0.05) is 10.3 Å². The number of thiophene rings is 1. The summed E-state index contributed by atoms with van der Waals surface area (Å²) in [5.41, 5.74) is 5.57. The van der Waals surface area contributed by atoms with E-state index >= 15 is 0 Å². The van der Waals surface area contributed by atoms with E-state index in [0.29, 0.717) is 11.4 Å². The van der Waals surface area contributed by atoms with Crippen LogP contribution < -0.4 is 0 Å². The zero-order valence-electron chi connectivity index (χ0n) is 14.6. The number of aromatic nitrogens is 3. The van der Waals surface area contributed by atoms with Gasteiger partial charge in [-0.15, -0.1) is 11.3 Å². The van der Waals surface area contributed by atoms with Gasteiger partial charge >= 0.3 is 0 Å². The molecule has 0 atom stereocenters. The summed E-state index contributed by atoms with van der Waals surface area (Å²) in [5, 5.41) is 12.6. The van der Waals surface area contributed by atoms with Crippen LogP contribution in [0.5, 0.6) is 0 Å². The van der Waals surface area contributed by atoms with Crippen LogP contribution in [-0.4, -0.2) is 14.5 Å². The molecule has 5 rings (SSSR count). The number of halogens is 1. The molecule has 3 heterocycles. The maximum Gasteiger partial charge on any atom is 0.108 e. The monoisotopic (exact) mass is 400 g/mol. The van der Waals surface area contributed by atoms with Crippen molar-refractivity contribution in [1.29, 1.82) is 5.26 Å². The number of rotatable bonds is 3. The third-order valence-corrected chi connectivity index (χ3v) is 5.96. The van der Waals surface area contributed by atoms with Crippen molar-refractivity contribution in [1.82, 2.24) is 14.5 Å². The SMILES string of the molecule is N#CCc1ccc(-n2cnc3cnc4ccc(-c5cccs5)cc4c32)c(Cl)c1. The molecule has 0 saturated heterocycles. The van der Waals surface area contributed by atoms with Gasteiger partial charge in [0.1, 0.15) is 11.8 Å². The van der Waals surface area contributed by atoms with Gasteiger partial charge in [-0.2, -0.15) is 5.26 Å². The fraction of sp³-hybridized carbons (Fsp3) is 0.0455. The Kier molecular flexibility index (Phi) is 4.09. The Balaban J connectivity index is 1.76. The Morgan fingerprint density at radius 2 is 2.00 bits per heavy atom. The van der Waals surface area contributed by atoms with Crippen molar-refractivity contribution < 1.29 is 0 Å². The molecular weight excluding hydrogens is 388 g/mol. The standard InChI is InChI=1S/C22H13ClN4S/c23-17-10-14(7-8-24)3-6-20(17)27-13-26-19-12-25-18-5-4-15(11-16(18)22(19)27)21-2-1-9-28-21/h1-6,9-13H,7H2. The number of pyridine rings is 1. The van der Waals surface area contributed by atoms with Gasteiger partial charge in [-0.25, -0.2) is 4.98 Å². The second kappa shape index (κ2) is 6.75. The molecule has 0 fully saturated rings. The van der Waals surface area contributed by atoms with E-state index in [1.54, 1.807) is 23.9 Å². The molecule has 0 spiro atoms. The van der Waals surface area contributed by atoms with E-state index in [9.17, 15) is 0 Å². The van der Waals surface area contributed by atoms with Crippen LogP contribution >= 0.6 is 22.9 Å². The summed E-state index contributed by atoms with van der Waals surface area (Å²) >= 11 is 8.26. The van der Waals surface area contributed by atoms with E-state index in [1.807, 2.05) is 28.8 Å². The zero-order chi connectivity index (χ0) is 19.1. The van der Waals surface area contributed by atoms with Crippen molar-refractivity contribution in [2.45, 2.75) is 6.42 Å². The van der Waals surface area contributed by atoms with E-state index < -0.39 is 0 Å². The minimum absolute atomic E-state index is 0.335. The second-order valence-corrected chi connectivity index (χ2v) is 7.79. The minimum atomic E-state index is 0.335. The molecule has 2 aromatic carbocycles. The Bertz CT molecular complexity index is 1360. The average Bonchev–Trinajstić information content (AvgIpc) is 3.38. The molecule has 0 aliphatic heterocycles. The van der Waals surface area contributed by atoms with Crippen LogP contribution in [0.25, 0.3) is 38.1 Å². The number of imidazole rings is 1. The van der Waals surface area contributed by atoms with E-state index in [0.717, 1.165) is 38.8 Å². The van der Waals surface area contributed by atoms with Crippen molar-refractivity contribution in [3.05, 3.63) is 77.0 Å². The Labute approximate surface area is 170 Å². The van der Waals surface area contributed by atoms with Crippen LogP contribution in [0.1, 0.15) is 5.56 Å². The highest BCUT2D eigenvalue weighted by atomic mass is 35.5. The number of fused-ring (bicyclic) bond motifs is 3. The predicted molar refractivity (Wildman–Crippen MR) is 114 cm³/mol. The van der Waals surface area contributed by atoms with Gasteiger partial charge in [-0.1, -0.05) is 29.8 Å². The molecule has 4 nitrogen and oxygen atoms in total. The molecule has 0 aliphatic carbocycles. The lowest BCUT2D eigenvalue weighted by Gasteiger charge is -2.10. The van der Waals surface area contributed by atoms with Crippen LogP contribution in [-0.2, 0) is 6.42 Å². The third-order valence-electron chi connectivity index (χ3n) is 4.73. The van der Waals surface area contributed by atoms with Crippen LogP contribution in [0.2, 0.25) is 5.02 Å². The van der Waals surface area contributed by atoms with E-state index in [4.69, 9.17) is 16.9 Å². The van der Waals surface area contributed by atoms with Gasteiger partial charge in [0.05, 0.1) is 40.4 Å². The number of hydrogen-bond donors (Lipinski definition) is 0. The van der Waals surface area contributed by atoms with E-state index in [1.165, 1.54) is 4.88 Å². The fourth-order valence-corrected chi connectivity index (χ4v) is 4.44. The first-order valence-corrected chi connectivity index (χ1v) is 9.96. The molecule has 28 heavy (non-hydrogen) atoms. The number of nitriles is 1. The molecule has 3 aromatic heterocycles. The molecule has 0 aliphatic rings.